The summed E-state index contributed by atoms with van der Waals surface area (Å²) in [5.41, 5.74) is 1.08. The van der Waals surface area contributed by atoms with Gasteiger partial charge in [-0.25, -0.2) is 0 Å². The Bertz CT molecular complexity index is 1070. The second kappa shape index (κ2) is 10.6. The van der Waals surface area contributed by atoms with E-state index in [0.717, 1.165) is 16.7 Å². The fourth-order valence-electron chi connectivity index (χ4n) is 2.88. The van der Waals surface area contributed by atoms with Crippen LogP contribution in [0.5, 0.6) is 17.2 Å². The lowest BCUT2D eigenvalue weighted by Gasteiger charge is -2.13. The highest BCUT2D eigenvalue weighted by molar-refractivity contribution is 9.10. The minimum atomic E-state index is -0.566. The molecular weight excluding hydrogens is 500 g/mol. The summed E-state index contributed by atoms with van der Waals surface area (Å²) >= 11 is 3.99. The molecular formula is C22H21BrN2O6S. The first-order chi connectivity index (χ1) is 15.3. The van der Waals surface area contributed by atoms with Crippen LogP contribution in [-0.4, -0.2) is 46.8 Å². The monoisotopic (exact) mass is 520 g/mol. The second-order valence-corrected chi connectivity index (χ2v) is 8.40. The number of halogens is 1. The molecule has 0 aromatic heterocycles. The number of amides is 3. The molecule has 1 heterocycles. The van der Waals surface area contributed by atoms with E-state index >= 15 is 0 Å². The van der Waals surface area contributed by atoms with E-state index in [9.17, 15) is 19.5 Å². The van der Waals surface area contributed by atoms with Gasteiger partial charge in [0.2, 0.25) is 5.91 Å². The molecule has 0 spiro atoms. The molecule has 1 saturated heterocycles. The highest BCUT2D eigenvalue weighted by Gasteiger charge is 2.36. The van der Waals surface area contributed by atoms with Crippen molar-refractivity contribution in [3.63, 3.8) is 0 Å². The van der Waals surface area contributed by atoms with E-state index in [1.165, 1.54) is 6.08 Å². The van der Waals surface area contributed by atoms with E-state index in [1.807, 2.05) is 6.92 Å². The topological polar surface area (TPSA) is 105 Å². The van der Waals surface area contributed by atoms with Crippen LogP contribution in [-0.2, 0) is 9.59 Å². The van der Waals surface area contributed by atoms with Crippen LogP contribution in [0.3, 0.4) is 0 Å². The van der Waals surface area contributed by atoms with Gasteiger partial charge in [0.05, 0.1) is 22.6 Å². The fraction of sp³-hybridized carbons (Fsp3) is 0.227. The number of anilines is 1. The maximum Gasteiger partial charge on any atom is 0.294 e. The third kappa shape index (κ3) is 5.63. The van der Waals surface area contributed by atoms with E-state index in [-0.39, 0.29) is 16.4 Å². The molecule has 1 fully saturated rings. The number of aromatic hydroxyl groups is 1. The zero-order valence-electron chi connectivity index (χ0n) is 17.4. The van der Waals surface area contributed by atoms with Gasteiger partial charge in [0, 0.05) is 5.69 Å². The summed E-state index contributed by atoms with van der Waals surface area (Å²) in [6.45, 7) is 4.14. The molecule has 1 aliphatic rings. The number of hydrogen-bond acceptors (Lipinski definition) is 7. The van der Waals surface area contributed by atoms with Gasteiger partial charge in [-0.1, -0.05) is 0 Å². The predicted octanol–water partition coefficient (Wildman–Crippen LogP) is 4.63. The van der Waals surface area contributed by atoms with Crippen molar-refractivity contribution in [3.8, 4) is 17.2 Å². The van der Waals surface area contributed by atoms with E-state index in [4.69, 9.17) is 9.47 Å². The Labute approximate surface area is 197 Å². The molecule has 0 aliphatic carbocycles. The van der Waals surface area contributed by atoms with Crippen LogP contribution >= 0.6 is 27.7 Å². The zero-order valence-corrected chi connectivity index (χ0v) is 19.8. The van der Waals surface area contributed by atoms with E-state index in [1.54, 1.807) is 43.3 Å². The molecule has 0 bridgehead atoms. The van der Waals surface area contributed by atoms with Crippen LogP contribution in [0.1, 0.15) is 19.4 Å². The van der Waals surface area contributed by atoms with Crippen LogP contribution in [0.25, 0.3) is 6.08 Å². The maximum atomic E-state index is 12.7. The van der Waals surface area contributed by atoms with Gasteiger partial charge in [0.1, 0.15) is 12.3 Å². The lowest BCUT2D eigenvalue weighted by molar-refractivity contribution is -0.127. The SMILES string of the molecule is CCOc1ccc(NC(=O)CN2C(=O)S/C(=C/c3cc(Br)c(O)c(OCC)c3)C2=O)cc1. The average Bonchev–Trinajstić information content (AvgIpc) is 3.00. The number of nitrogens with one attached hydrogen (secondary N) is 1. The molecule has 2 aromatic carbocycles. The molecule has 3 rings (SSSR count). The first-order valence-corrected chi connectivity index (χ1v) is 11.4. The number of imide groups is 1. The first-order valence-electron chi connectivity index (χ1n) is 9.75. The smallest absolute Gasteiger partial charge is 0.294 e. The molecule has 0 atom stereocenters. The zero-order chi connectivity index (χ0) is 23.3. The first kappa shape index (κ1) is 23.7. The Kier molecular flexibility index (Phi) is 7.81. The molecule has 0 radical (unpaired) electrons. The summed E-state index contributed by atoms with van der Waals surface area (Å²) in [7, 11) is 0. The number of carbonyl (C=O) groups excluding carboxylic acids is 3. The highest BCUT2D eigenvalue weighted by Crippen LogP contribution is 2.38. The van der Waals surface area contributed by atoms with Crippen molar-refractivity contribution in [3.05, 3.63) is 51.3 Å². The molecule has 1 aliphatic heterocycles. The normalized spacial score (nSPS) is 14.7. The van der Waals surface area contributed by atoms with E-state index < -0.39 is 23.6 Å². The summed E-state index contributed by atoms with van der Waals surface area (Å²) in [5, 5.41) is 12.2. The van der Waals surface area contributed by atoms with Gasteiger partial charge in [-0.3, -0.25) is 19.3 Å². The van der Waals surface area contributed by atoms with Gasteiger partial charge in [-0.2, -0.15) is 0 Å². The predicted molar refractivity (Wildman–Crippen MR) is 126 cm³/mol. The standard InChI is InChI=1S/C22H21BrN2O6S/c1-3-30-15-7-5-14(6-8-15)24-19(26)12-25-21(28)18(32-22(25)29)11-13-9-16(23)20(27)17(10-13)31-4-2/h5-11,27H,3-4,12H2,1-2H3,(H,24,26)/b18-11+. The number of phenols is 1. The van der Waals surface area contributed by atoms with Gasteiger partial charge >= 0.3 is 0 Å². The van der Waals surface area contributed by atoms with Crippen molar-refractivity contribution in [2.75, 3.05) is 25.1 Å². The molecule has 0 unspecified atom stereocenters. The van der Waals surface area contributed by atoms with Gasteiger partial charge in [0.15, 0.2) is 11.5 Å². The highest BCUT2D eigenvalue weighted by atomic mass is 79.9. The fourth-order valence-corrected chi connectivity index (χ4v) is 4.17. The molecule has 10 heteroatoms. The van der Waals surface area contributed by atoms with Crippen LogP contribution in [0.4, 0.5) is 10.5 Å². The summed E-state index contributed by atoms with van der Waals surface area (Å²) in [6, 6.07) is 9.95. The van der Waals surface area contributed by atoms with Crippen LogP contribution < -0.4 is 14.8 Å². The maximum absolute atomic E-state index is 12.7. The molecule has 0 saturated carbocycles. The van der Waals surface area contributed by atoms with Gasteiger partial charge in [-0.05, 0) is 89.6 Å². The van der Waals surface area contributed by atoms with Gasteiger partial charge < -0.3 is 19.9 Å². The van der Waals surface area contributed by atoms with Crippen LogP contribution in [0.2, 0.25) is 0 Å². The Morgan fingerprint density at radius 2 is 1.84 bits per heavy atom. The number of nitrogens with zero attached hydrogens (tertiary/aromatic N) is 1. The lowest BCUT2D eigenvalue weighted by atomic mass is 10.2. The Morgan fingerprint density at radius 1 is 1.16 bits per heavy atom. The summed E-state index contributed by atoms with van der Waals surface area (Å²) in [5.74, 6) is -0.187. The van der Waals surface area contributed by atoms with Gasteiger partial charge in [-0.15, -0.1) is 0 Å². The number of carbonyl (C=O) groups is 3. The van der Waals surface area contributed by atoms with E-state index in [0.29, 0.717) is 34.7 Å². The second-order valence-electron chi connectivity index (χ2n) is 6.56. The minimum absolute atomic E-state index is 0.0527. The van der Waals surface area contributed by atoms with Crippen LogP contribution in [0, 0.1) is 0 Å². The number of rotatable bonds is 8. The summed E-state index contributed by atoms with van der Waals surface area (Å²) in [4.78, 5) is 38.5. The molecule has 8 nitrogen and oxygen atoms in total. The quantitative estimate of drug-likeness (QED) is 0.488. The third-order valence-electron chi connectivity index (χ3n) is 4.27. The Balaban J connectivity index is 1.70. The number of phenolic OH excluding ortho intramolecular Hbond substituents is 1. The number of ether oxygens (including phenoxy) is 2. The van der Waals surface area contributed by atoms with Crippen molar-refractivity contribution in [2.24, 2.45) is 0 Å². The van der Waals surface area contributed by atoms with Crippen LogP contribution in [0.15, 0.2) is 45.8 Å². The molecule has 2 N–H and O–H groups in total. The number of benzene rings is 2. The van der Waals surface area contributed by atoms with Gasteiger partial charge in [0.25, 0.3) is 11.1 Å². The van der Waals surface area contributed by atoms with Crippen molar-refractivity contribution in [1.29, 1.82) is 0 Å². The lowest BCUT2D eigenvalue weighted by Crippen LogP contribution is -2.36. The molecule has 3 amide bonds. The number of thioether (sulfide) groups is 1. The molecule has 2 aromatic rings. The third-order valence-corrected chi connectivity index (χ3v) is 5.78. The van der Waals surface area contributed by atoms with Crippen molar-refractivity contribution < 1.29 is 29.0 Å². The minimum Gasteiger partial charge on any atom is -0.503 e. The molecule has 168 valence electrons. The summed E-state index contributed by atoms with van der Waals surface area (Å²) in [6.07, 6.45) is 1.52. The van der Waals surface area contributed by atoms with Crippen molar-refractivity contribution in [1.82, 2.24) is 4.90 Å². The van der Waals surface area contributed by atoms with E-state index in [2.05, 4.69) is 21.2 Å². The Morgan fingerprint density at radius 3 is 2.50 bits per heavy atom. The Hall–Kier alpha value is -2.98. The summed E-state index contributed by atoms with van der Waals surface area (Å²) < 4.78 is 11.1. The molecule has 32 heavy (non-hydrogen) atoms. The van der Waals surface area contributed by atoms with Crippen molar-refractivity contribution >= 4 is 56.5 Å². The largest absolute Gasteiger partial charge is 0.503 e. The van der Waals surface area contributed by atoms with Crippen molar-refractivity contribution in [2.45, 2.75) is 13.8 Å². The average molecular weight is 521 g/mol. The number of hydrogen-bond donors (Lipinski definition) is 2.